The van der Waals surface area contributed by atoms with Crippen molar-refractivity contribution in [3.05, 3.63) is 81.2 Å². The van der Waals surface area contributed by atoms with E-state index in [4.69, 9.17) is 0 Å². The highest BCUT2D eigenvalue weighted by Crippen LogP contribution is 2.34. The summed E-state index contributed by atoms with van der Waals surface area (Å²) in [5.41, 5.74) is 3.02. The van der Waals surface area contributed by atoms with Gasteiger partial charge in [-0.3, -0.25) is 14.1 Å². The number of hydrogen-bond donors (Lipinski definition) is 0. The number of pyridine rings is 1. The lowest BCUT2D eigenvalue weighted by atomic mass is 10.0. The largest absolute Gasteiger partial charge is 0.298 e. The van der Waals surface area contributed by atoms with E-state index in [0.29, 0.717) is 5.65 Å². The summed E-state index contributed by atoms with van der Waals surface area (Å²) in [6.45, 7) is 2.92. The van der Waals surface area contributed by atoms with Gasteiger partial charge in [-0.2, -0.15) is 0 Å². The number of thiophene rings is 1. The Morgan fingerprint density at radius 1 is 1.12 bits per heavy atom. The van der Waals surface area contributed by atoms with Crippen LogP contribution in [-0.2, 0) is 19.4 Å². The van der Waals surface area contributed by atoms with Crippen LogP contribution in [0.5, 0.6) is 0 Å². The number of fused-ring (bicyclic) bond motifs is 4. The molecule has 4 nitrogen and oxygen atoms in total. The van der Waals surface area contributed by atoms with E-state index in [1.165, 1.54) is 20.5 Å². The van der Waals surface area contributed by atoms with Crippen LogP contribution >= 0.6 is 11.3 Å². The second-order valence-corrected chi connectivity index (χ2v) is 7.93. The maximum Gasteiger partial charge on any atom is 0.261 e. The highest BCUT2D eigenvalue weighted by Gasteiger charge is 2.21. The first-order chi connectivity index (χ1) is 12.8. The van der Waals surface area contributed by atoms with Gasteiger partial charge in [-0.15, -0.1) is 11.3 Å². The summed E-state index contributed by atoms with van der Waals surface area (Å²) in [7, 11) is 0. The molecule has 0 unspecified atom stereocenters. The van der Waals surface area contributed by atoms with Crippen molar-refractivity contribution in [2.45, 2.75) is 19.4 Å². The smallest absolute Gasteiger partial charge is 0.261 e. The van der Waals surface area contributed by atoms with Crippen LogP contribution in [0, 0.1) is 0 Å². The van der Waals surface area contributed by atoms with Crippen molar-refractivity contribution < 1.29 is 0 Å². The minimum Gasteiger partial charge on any atom is -0.298 e. The molecule has 0 atom stereocenters. The predicted octanol–water partition coefficient (Wildman–Crippen LogP) is 3.51. The molecule has 1 aromatic carbocycles. The van der Waals surface area contributed by atoms with Crippen molar-refractivity contribution >= 4 is 27.1 Å². The molecule has 0 saturated carbocycles. The fourth-order valence-corrected chi connectivity index (χ4v) is 5.00. The Balaban J connectivity index is 1.37. The first-order valence-electron chi connectivity index (χ1n) is 8.96. The molecule has 0 bridgehead atoms. The second kappa shape index (κ2) is 6.34. The van der Waals surface area contributed by atoms with Crippen molar-refractivity contribution in [1.82, 2.24) is 14.3 Å². The first kappa shape index (κ1) is 15.7. The van der Waals surface area contributed by atoms with E-state index in [9.17, 15) is 4.79 Å². The monoisotopic (exact) mass is 361 g/mol. The van der Waals surface area contributed by atoms with Gasteiger partial charge in [0.1, 0.15) is 5.65 Å². The fraction of sp³-hybridized carbons (Fsp3) is 0.238. The first-order valence-corrected chi connectivity index (χ1v) is 9.78. The number of aromatic nitrogens is 2. The molecule has 3 aromatic heterocycles. The summed E-state index contributed by atoms with van der Waals surface area (Å²) in [5, 5.41) is 1.39. The maximum absolute atomic E-state index is 12.6. The summed E-state index contributed by atoms with van der Waals surface area (Å²) < 4.78 is 3.02. The van der Waals surface area contributed by atoms with E-state index in [2.05, 4.69) is 34.1 Å². The standard InChI is InChI=1S/C21H19N3OS/c25-21-15(13-22-20-7-3-4-10-24(20)21)8-11-23-12-9-19-17(14-23)16-5-1-2-6-18(16)26-19/h1-7,10,13H,8-9,11-12,14H2. The molecule has 4 heterocycles. The summed E-state index contributed by atoms with van der Waals surface area (Å²) in [6, 6.07) is 14.3. The SMILES string of the molecule is O=c1c(CCN2CCc3sc4ccccc4c3C2)cnc2ccccn12. The molecule has 0 radical (unpaired) electrons. The molecule has 0 fully saturated rings. The molecular weight excluding hydrogens is 342 g/mol. The predicted molar refractivity (Wildman–Crippen MR) is 106 cm³/mol. The minimum atomic E-state index is 0.0503. The number of rotatable bonds is 3. The Morgan fingerprint density at radius 2 is 2.00 bits per heavy atom. The molecule has 26 heavy (non-hydrogen) atoms. The van der Waals surface area contributed by atoms with Crippen LogP contribution in [0.1, 0.15) is 16.0 Å². The Labute approximate surface area is 155 Å². The fourth-order valence-electron chi connectivity index (χ4n) is 3.79. The van der Waals surface area contributed by atoms with E-state index in [-0.39, 0.29) is 5.56 Å². The Kier molecular flexibility index (Phi) is 3.84. The summed E-state index contributed by atoms with van der Waals surface area (Å²) in [5.74, 6) is 0. The van der Waals surface area contributed by atoms with E-state index in [1.54, 1.807) is 16.8 Å². The minimum absolute atomic E-state index is 0.0503. The molecule has 4 aromatic rings. The Bertz CT molecular complexity index is 1160. The molecule has 5 heteroatoms. The van der Waals surface area contributed by atoms with Gasteiger partial charge in [-0.25, -0.2) is 4.98 Å². The number of hydrogen-bond acceptors (Lipinski definition) is 4. The molecule has 0 N–H and O–H groups in total. The molecule has 130 valence electrons. The molecular formula is C21H19N3OS. The van der Waals surface area contributed by atoms with Crippen molar-refractivity contribution in [2.24, 2.45) is 0 Å². The van der Waals surface area contributed by atoms with Crippen LogP contribution < -0.4 is 5.56 Å². The number of nitrogens with zero attached hydrogens (tertiary/aromatic N) is 3. The van der Waals surface area contributed by atoms with Gasteiger partial charge >= 0.3 is 0 Å². The van der Waals surface area contributed by atoms with Gasteiger partial charge < -0.3 is 0 Å². The van der Waals surface area contributed by atoms with Gasteiger partial charge in [0.2, 0.25) is 0 Å². The van der Waals surface area contributed by atoms with Gasteiger partial charge in [-0.05, 0) is 42.0 Å². The van der Waals surface area contributed by atoms with E-state index < -0.39 is 0 Å². The van der Waals surface area contributed by atoms with Crippen molar-refractivity contribution in [3.63, 3.8) is 0 Å². The third-order valence-corrected chi connectivity index (χ3v) is 6.47. The topological polar surface area (TPSA) is 37.6 Å². The van der Waals surface area contributed by atoms with Gasteiger partial charge in [0, 0.05) is 47.2 Å². The Morgan fingerprint density at radius 3 is 2.96 bits per heavy atom. The summed E-state index contributed by atoms with van der Waals surface area (Å²) in [6.07, 6.45) is 5.37. The summed E-state index contributed by atoms with van der Waals surface area (Å²) in [4.78, 5) is 21.0. The zero-order valence-corrected chi connectivity index (χ0v) is 15.2. The average molecular weight is 361 g/mol. The van der Waals surface area contributed by atoms with E-state index in [1.807, 2.05) is 29.5 Å². The lowest BCUT2D eigenvalue weighted by Crippen LogP contribution is -2.32. The highest BCUT2D eigenvalue weighted by molar-refractivity contribution is 7.19. The van der Waals surface area contributed by atoms with Crippen LogP contribution in [0.15, 0.2) is 59.7 Å². The number of benzene rings is 1. The van der Waals surface area contributed by atoms with Crippen LogP contribution in [0.2, 0.25) is 0 Å². The summed E-state index contributed by atoms with van der Waals surface area (Å²) >= 11 is 1.93. The normalized spacial score (nSPS) is 14.8. The van der Waals surface area contributed by atoms with E-state index in [0.717, 1.165) is 38.0 Å². The maximum atomic E-state index is 12.6. The molecule has 1 aliphatic heterocycles. The van der Waals surface area contributed by atoms with Gasteiger partial charge in [0.15, 0.2) is 0 Å². The third kappa shape index (κ3) is 2.64. The van der Waals surface area contributed by atoms with Crippen LogP contribution in [0.25, 0.3) is 15.7 Å². The van der Waals surface area contributed by atoms with Gasteiger partial charge in [0.05, 0.1) is 0 Å². The zero-order chi connectivity index (χ0) is 17.5. The Hall–Kier alpha value is -2.50. The lowest BCUT2D eigenvalue weighted by Gasteiger charge is -2.27. The second-order valence-electron chi connectivity index (χ2n) is 6.79. The van der Waals surface area contributed by atoms with Crippen LogP contribution in [-0.4, -0.2) is 27.4 Å². The van der Waals surface area contributed by atoms with Crippen molar-refractivity contribution in [2.75, 3.05) is 13.1 Å². The van der Waals surface area contributed by atoms with Gasteiger partial charge in [-0.1, -0.05) is 24.3 Å². The average Bonchev–Trinajstić information content (AvgIpc) is 3.06. The zero-order valence-electron chi connectivity index (χ0n) is 14.4. The van der Waals surface area contributed by atoms with Crippen molar-refractivity contribution in [3.8, 4) is 0 Å². The molecule has 0 aliphatic carbocycles. The molecule has 0 amide bonds. The molecule has 1 aliphatic rings. The van der Waals surface area contributed by atoms with E-state index >= 15 is 0 Å². The molecule has 0 spiro atoms. The van der Waals surface area contributed by atoms with Crippen LogP contribution in [0.4, 0.5) is 0 Å². The molecule has 0 saturated heterocycles. The highest BCUT2D eigenvalue weighted by atomic mass is 32.1. The van der Waals surface area contributed by atoms with Gasteiger partial charge in [0.25, 0.3) is 5.56 Å². The van der Waals surface area contributed by atoms with Crippen molar-refractivity contribution in [1.29, 1.82) is 0 Å². The quantitative estimate of drug-likeness (QED) is 0.560. The molecule has 5 rings (SSSR count). The third-order valence-electron chi connectivity index (χ3n) is 5.20. The van der Waals surface area contributed by atoms with Crippen LogP contribution in [0.3, 0.4) is 0 Å². The lowest BCUT2D eigenvalue weighted by molar-refractivity contribution is 0.260.